The lowest BCUT2D eigenvalue weighted by molar-refractivity contribution is 0.291. The molecule has 0 unspecified atom stereocenters. The number of benzene rings is 1. The van der Waals surface area contributed by atoms with E-state index in [9.17, 15) is 0 Å². The molecular weight excluding hydrogens is 242 g/mol. The maximum absolute atomic E-state index is 5.71. The first-order valence-electron chi connectivity index (χ1n) is 6.17. The topological polar surface area (TPSA) is 35.2 Å². The third-order valence-electron chi connectivity index (χ3n) is 3.44. The standard InChI is InChI=1S/C15H17NOS/c1-15(2)9-17-13-5-3-10(7-12(13)15)14-6-4-11(8-16)18-14/h3-7H,8-9,16H2,1-2H3. The van der Waals surface area contributed by atoms with Crippen molar-refractivity contribution in [3.05, 3.63) is 40.8 Å². The number of rotatable bonds is 2. The average molecular weight is 259 g/mol. The van der Waals surface area contributed by atoms with E-state index in [1.165, 1.54) is 20.9 Å². The summed E-state index contributed by atoms with van der Waals surface area (Å²) in [5.41, 5.74) is 8.34. The van der Waals surface area contributed by atoms with E-state index in [1.807, 2.05) is 0 Å². The molecule has 0 bridgehead atoms. The van der Waals surface area contributed by atoms with Gasteiger partial charge in [0.2, 0.25) is 0 Å². The van der Waals surface area contributed by atoms with Crippen LogP contribution in [0.1, 0.15) is 24.3 Å². The molecule has 0 radical (unpaired) electrons. The van der Waals surface area contributed by atoms with Gasteiger partial charge in [0, 0.05) is 27.3 Å². The van der Waals surface area contributed by atoms with Gasteiger partial charge >= 0.3 is 0 Å². The van der Waals surface area contributed by atoms with Crippen LogP contribution < -0.4 is 10.5 Å². The fourth-order valence-electron chi connectivity index (χ4n) is 2.32. The minimum atomic E-state index is 0.110. The van der Waals surface area contributed by atoms with Crippen molar-refractivity contribution >= 4 is 11.3 Å². The Kier molecular flexibility index (Phi) is 2.68. The van der Waals surface area contributed by atoms with Crippen molar-refractivity contribution in [2.75, 3.05) is 6.61 Å². The molecule has 0 fully saturated rings. The Balaban J connectivity index is 2.05. The normalized spacial score (nSPS) is 16.4. The van der Waals surface area contributed by atoms with Gasteiger partial charge in [-0.2, -0.15) is 0 Å². The first-order valence-corrected chi connectivity index (χ1v) is 6.98. The van der Waals surface area contributed by atoms with Gasteiger partial charge < -0.3 is 10.5 Å². The summed E-state index contributed by atoms with van der Waals surface area (Å²) in [7, 11) is 0. The van der Waals surface area contributed by atoms with Crippen molar-refractivity contribution in [3.63, 3.8) is 0 Å². The van der Waals surface area contributed by atoms with Crippen LogP contribution in [-0.4, -0.2) is 6.61 Å². The highest BCUT2D eigenvalue weighted by atomic mass is 32.1. The Morgan fingerprint density at radius 2 is 2.11 bits per heavy atom. The molecule has 0 amide bonds. The lowest BCUT2D eigenvalue weighted by Crippen LogP contribution is -2.18. The van der Waals surface area contributed by atoms with Crippen molar-refractivity contribution in [1.29, 1.82) is 0 Å². The SMILES string of the molecule is CC1(C)COc2ccc(-c3ccc(CN)s3)cc21. The molecule has 1 aromatic heterocycles. The Labute approximate surface area is 111 Å². The van der Waals surface area contributed by atoms with Crippen LogP contribution in [0.15, 0.2) is 30.3 Å². The highest BCUT2D eigenvalue weighted by molar-refractivity contribution is 7.15. The second kappa shape index (κ2) is 4.11. The first-order chi connectivity index (χ1) is 8.60. The van der Waals surface area contributed by atoms with Crippen molar-refractivity contribution in [1.82, 2.24) is 0 Å². The molecule has 1 aliphatic heterocycles. The van der Waals surface area contributed by atoms with Gasteiger partial charge in [0.1, 0.15) is 5.75 Å². The summed E-state index contributed by atoms with van der Waals surface area (Å²) >= 11 is 1.77. The van der Waals surface area contributed by atoms with Gasteiger partial charge in [-0.05, 0) is 35.9 Å². The summed E-state index contributed by atoms with van der Waals surface area (Å²) in [5.74, 6) is 1.03. The van der Waals surface area contributed by atoms with Gasteiger partial charge in [-0.3, -0.25) is 0 Å². The quantitative estimate of drug-likeness (QED) is 0.895. The Morgan fingerprint density at radius 1 is 1.28 bits per heavy atom. The lowest BCUT2D eigenvalue weighted by atomic mass is 9.86. The Hall–Kier alpha value is -1.32. The van der Waals surface area contributed by atoms with Gasteiger partial charge in [0.15, 0.2) is 0 Å². The van der Waals surface area contributed by atoms with Crippen LogP contribution in [-0.2, 0) is 12.0 Å². The number of hydrogen-bond acceptors (Lipinski definition) is 3. The summed E-state index contributed by atoms with van der Waals surface area (Å²) in [5, 5.41) is 0. The van der Waals surface area contributed by atoms with Crippen LogP contribution in [0.25, 0.3) is 10.4 Å². The summed E-state index contributed by atoms with van der Waals surface area (Å²) in [4.78, 5) is 2.50. The Morgan fingerprint density at radius 3 is 2.83 bits per heavy atom. The maximum Gasteiger partial charge on any atom is 0.123 e. The van der Waals surface area contributed by atoms with E-state index in [-0.39, 0.29) is 5.41 Å². The van der Waals surface area contributed by atoms with Gasteiger partial charge in [-0.1, -0.05) is 13.8 Å². The van der Waals surface area contributed by atoms with Gasteiger partial charge in [-0.15, -0.1) is 11.3 Å². The summed E-state index contributed by atoms with van der Waals surface area (Å²) in [6.45, 7) is 5.83. The molecule has 3 rings (SSSR count). The molecule has 0 atom stereocenters. The molecule has 0 saturated carbocycles. The molecule has 2 N–H and O–H groups in total. The zero-order valence-electron chi connectivity index (χ0n) is 10.7. The Bertz CT molecular complexity index is 586. The molecule has 2 aromatic rings. The number of hydrogen-bond donors (Lipinski definition) is 1. The molecular formula is C15H17NOS. The second-order valence-corrected chi connectivity index (χ2v) is 6.52. The number of fused-ring (bicyclic) bond motifs is 1. The zero-order chi connectivity index (χ0) is 12.8. The number of nitrogens with two attached hydrogens (primary N) is 1. The molecule has 0 aliphatic carbocycles. The van der Waals surface area contributed by atoms with E-state index in [1.54, 1.807) is 11.3 Å². The highest BCUT2D eigenvalue weighted by Crippen LogP contribution is 2.41. The van der Waals surface area contributed by atoms with Gasteiger partial charge in [0.05, 0.1) is 6.61 Å². The molecule has 2 heterocycles. The third kappa shape index (κ3) is 1.84. The van der Waals surface area contributed by atoms with Crippen molar-refractivity contribution < 1.29 is 4.74 Å². The molecule has 1 aromatic carbocycles. The number of thiophene rings is 1. The molecule has 0 spiro atoms. The van der Waals surface area contributed by atoms with E-state index in [2.05, 4.69) is 44.2 Å². The highest BCUT2D eigenvalue weighted by Gasteiger charge is 2.31. The predicted octanol–water partition coefficient (Wildman–Crippen LogP) is 3.54. The second-order valence-electron chi connectivity index (χ2n) is 5.35. The number of ether oxygens (including phenoxy) is 1. The van der Waals surface area contributed by atoms with Gasteiger partial charge in [-0.25, -0.2) is 0 Å². The van der Waals surface area contributed by atoms with Crippen LogP contribution in [0.4, 0.5) is 0 Å². The van der Waals surface area contributed by atoms with Crippen molar-refractivity contribution in [2.45, 2.75) is 25.8 Å². The van der Waals surface area contributed by atoms with E-state index < -0.39 is 0 Å². The molecule has 1 aliphatic rings. The maximum atomic E-state index is 5.71. The van der Waals surface area contributed by atoms with E-state index in [0.29, 0.717) is 6.54 Å². The van der Waals surface area contributed by atoms with E-state index >= 15 is 0 Å². The first kappa shape index (κ1) is 11.8. The van der Waals surface area contributed by atoms with Crippen LogP contribution in [0, 0.1) is 0 Å². The molecule has 3 heteroatoms. The summed E-state index contributed by atoms with van der Waals surface area (Å²) < 4.78 is 5.71. The van der Waals surface area contributed by atoms with Crippen molar-refractivity contribution in [2.24, 2.45) is 5.73 Å². The van der Waals surface area contributed by atoms with Crippen molar-refractivity contribution in [3.8, 4) is 16.2 Å². The summed E-state index contributed by atoms with van der Waals surface area (Å²) in [6, 6.07) is 10.7. The predicted molar refractivity (Wildman–Crippen MR) is 76.2 cm³/mol. The average Bonchev–Trinajstić information content (AvgIpc) is 2.95. The molecule has 2 nitrogen and oxygen atoms in total. The van der Waals surface area contributed by atoms with Crippen LogP contribution in [0.2, 0.25) is 0 Å². The fourth-order valence-corrected chi connectivity index (χ4v) is 3.20. The minimum Gasteiger partial charge on any atom is -0.492 e. The van der Waals surface area contributed by atoms with Crippen LogP contribution in [0.3, 0.4) is 0 Å². The van der Waals surface area contributed by atoms with Crippen LogP contribution in [0.5, 0.6) is 5.75 Å². The lowest BCUT2D eigenvalue weighted by Gasteiger charge is -2.15. The largest absolute Gasteiger partial charge is 0.492 e. The summed E-state index contributed by atoms with van der Waals surface area (Å²) in [6.07, 6.45) is 0. The molecule has 94 valence electrons. The van der Waals surface area contributed by atoms with Gasteiger partial charge in [0.25, 0.3) is 0 Å². The molecule has 0 saturated heterocycles. The third-order valence-corrected chi connectivity index (χ3v) is 4.60. The monoisotopic (exact) mass is 259 g/mol. The van der Waals surface area contributed by atoms with Crippen LogP contribution >= 0.6 is 11.3 Å². The zero-order valence-corrected chi connectivity index (χ0v) is 11.5. The smallest absolute Gasteiger partial charge is 0.123 e. The minimum absolute atomic E-state index is 0.110. The van der Waals surface area contributed by atoms with E-state index in [0.717, 1.165) is 12.4 Å². The molecule has 18 heavy (non-hydrogen) atoms. The fraction of sp³-hybridized carbons (Fsp3) is 0.333. The van der Waals surface area contributed by atoms with E-state index in [4.69, 9.17) is 10.5 Å².